The summed E-state index contributed by atoms with van der Waals surface area (Å²) in [7, 11) is 0. The van der Waals surface area contributed by atoms with E-state index in [1.165, 1.54) is 42.1 Å². The molecule has 16 heavy (non-hydrogen) atoms. The van der Waals surface area contributed by atoms with E-state index in [9.17, 15) is 0 Å². The summed E-state index contributed by atoms with van der Waals surface area (Å²) < 4.78 is 1.35. The summed E-state index contributed by atoms with van der Waals surface area (Å²) in [5, 5.41) is 0. The molecule has 1 aromatic rings. The van der Waals surface area contributed by atoms with E-state index < -0.39 is 0 Å². The summed E-state index contributed by atoms with van der Waals surface area (Å²) in [5.74, 6) is 1.86. The molecule has 1 fully saturated rings. The normalized spacial score (nSPS) is 25.6. The van der Waals surface area contributed by atoms with Gasteiger partial charge in [0.2, 0.25) is 0 Å². The second-order valence-corrected chi connectivity index (χ2v) is 6.30. The Labute approximate surface area is 113 Å². The van der Waals surface area contributed by atoms with Crippen LogP contribution in [-0.2, 0) is 0 Å². The lowest BCUT2D eigenvalue weighted by atomic mass is 9.77. The van der Waals surface area contributed by atoms with E-state index in [1.807, 2.05) is 0 Å². The molecule has 0 unspecified atom stereocenters. The maximum atomic E-state index is 2.38. The van der Waals surface area contributed by atoms with E-state index in [0.29, 0.717) is 0 Å². The Kier molecular flexibility index (Phi) is 4.68. The Balaban J connectivity index is 1.91. The van der Waals surface area contributed by atoms with Gasteiger partial charge in [0, 0.05) is 3.57 Å². The lowest BCUT2D eigenvalue weighted by Gasteiger charge is -2.28. The lowest BCUT2D eigenvalue weighted by Crippen LogP contribution is -2.13. The van der Waals surface area contributed by atoms with Gasteiger partial charge in [0.1, 0.15) is 0 Å². The Bertz CT molecular complexity index is 307. The van der Waals surface area contributed by atoms with Crippen LogP contribution < -0.4 is 0 Å². The predicted molar refractivity (Wildman–Crippen MR) is 78.8 cm³/mol. The van der Waals surface area contributed by atoms with Gasteiger partial charge in [-0.3, -0.25) is 0 Å². The van der Waals surface area contributed by atoms with Crippen LogP contribution in [0, 0.1) is 9.49 Å². The first-order valence-corrected chi connectivity index (χ1v) is 7.63. The molecule has 0 amide bonds. The van der Waals surface area contributed by atoms with Crippen molar-refractivity contribution >= 4 is 22.6 Å². The molecule has 1 heteroatoms. The van der Waals surface area contributed by atoms with E-state index in [0.717, 1.165) is 11.8 Å². The average Bonchev–Trinajstić information content (AvgIpc) is 2.32. The molecule has 0 atom stereocenters. The minimum Gasteiger partial charge on any atom is -0.0654 e. The van der Waals surface area contributed by atoms with E-state index >= 15 is 0 Å². The highest BCUT2D eigenvalue weighted by Crippen LogP contribution is 2.37. The summed E-state index contributed by atoms with van der Waals surface area (Å²) in [5.41, 5.74) is 1.57. The maximum absolute atomic E-state index is 2.38. The molecule has 0 bridgehead atoms. The average molecular weight is 328 g/mol. The van der Waals surface area contributed by atoms with Gasteiger partial charge in [-0.2, -0.15) is 0 Å². The van der Waals surface area contributed by atoms with Crippen LogP contribution >= 0.6 is 22.6 Å². The third kappa shape index (κ3) is 3.22. The van der Waals surface area contributed by atoms with Gasteiger partial charge >= 0.3 is 0 Å². The van der Waals surface area contributed by atoms with E-state index in [2.05, 4.69) is 53.8 Å². The third-order valence-electron chi connectivity index (χ3n) is 3.89. The van der Waals surface area contributed by atoms with Gasteiger partial charge in [0.15, 0.2) is 0 Å². The first kappa shape index (κ1) is 12.4. The van der Waals surface area contributed by atoms with Gasteiger partial charge in [-0.1, -0.05) is 31.9 Å². The van der Waals surface area contributed by atoms with Gasteiger partial charge in [-0.25, -0.2) is 0 Å². The van der Waals surface area contributed by atoms with Gasteiger partial charge in [-0.05, 0) is 77.8 Å². The van der Waals surface area contributed by atoms with E-state index in [4.69, 9.17) is 0 Å². The van der Waals surface area contributed by atoms with Crippen molar-refractivity contribution < 1.29 is 0 Å². The van der Waals surface area contributed by atoms with Crippen LogP contribution in [0.15, 0.2) is 24.3 Å². The van der Waals surface area contributed by atoms with Crippen LogP contribution in [0.5, 0.6) is 0 Å². The van der Waals surface area contributed by atoms with Crippen molar-refractivity contribution in [1.29, 1.82) is 0 Å². The second kappa shape index (κ2) is 6.04. The summed E-state index contributed by atoms with van der Waals surface area (Å²) in [6.45, 7) is 2.31. The minimum atomic E-state index is 0.838. The fraction of sp³-hybridized carbons (Fsp3) is 0.600. The SMILES string of the molecule is CCCC1CCC(c2ccc(I)cc2)CC1. The van der Waals surface area contributed by atoms with Gasteiger partial charge < -0.3 is 0 Å². The number of benzene rings is 1. The maximum Gasteiger partial charge on any atom is 0.0130 e. The number of rotatable bonds is 3. The molecule has 1 aliphatic rings. The van der Waals surface area contributed by atoms with Crippen molar-refractivity contribution in [2.45, 2.75) is 51.4 Å². The molecule has 1 saturated carbocycles. The molecule has 0 N–H and O–H groups in total. The Hall–Kier alpha value is -0.0500. The summed E-state index contributed by atoms with van der Waals surface area (Å²) in [6, 6.07) is 9.14. The number of hydrogen-bond donors (Lipinski definition) is 0. The Morgan fingerprint density at radius 2 is 1.69 bits per heavy atom. The zero-order chi connectivity index (χ0) is 11.4. The highest BCUT2D eigenvalue weighted by Gasteiger charge is 2.21. The van der Waals surface area contributed by atoms with Crippen LogP contribution in [0.4, 0.5) is 0 Å². The van der Waals surface area contributed by atoms with Crippen LogP contribution in [0.2, 0.25) is 0 Å². The zero-order valence-electron chi connectivity index (χ0n) is 10.1. The van der Waals surface area contributed by atoms with Crippen LogP contribution in [-0.4, -0.2) is 0 Å². The Morgan fingerprint density at radius 1 is 1.06 bits per heavy atom. The fourth-order valence-corrected chi connectivity index (χ4v) is 3.29. The first-order valence-electron chi connectivity index (χ1n) is 6.55. The van der Waals surface area contributed by atoms with Crippen molar-refractivity contribution in [1.82, 2.24) is 0 Å². The number of hydrogen-bond acceptors (Lipinski definition) is 0. The third-order valence-corrected chi connectivity index (χ3v) is 4.60. The molecule has 0 heterocycles. The smallest absolute Gasteiger partial charge is 0.0130 e. The quantitative estimate of drug-likeness (QED) is 0.655. The summed E-state index contributed by atoms with van der Waals surface area (Å²) in [6.07, 6.45) is 8.52. The van der Waals surface area contributed by atoms with Crippen LogP contribution in [0.1, 0.15) is 56.9 Å². The molecule has 1 aromatic carbocycles. The molecule has 2 rings (SSSR count). The first-order chi connectivity index (χ1) is 7.79. The molecule has 1 aliphatic carbocycles. The van der Waals surface area contributed by atoms with Crippen molar-refractivity contribution in [2.75, 3.05) is 0 Å². The molecular formula is C15H21I. The van der Waals surface area contributed by atoms with Crippen molar-refractivity contribution in [3.05, 3.63) is 33.4 Å². The topological polar surface area (TPSA) is 0 Å². The van der Waals surface area contributed by atoms with E-state index in [-0.39, 0.29) is 0 Å². The molecule has 88 valence electrons. The molecule has 0 nitrogen and oxygen atoms in total. The highest BCUT2D eigenvalue weighted by atomic mass is 127. The van der Waals surface area contributed by atoms with Gasteiger partial charge in [0.25, 0.3) is 0 Å². The highest BCUT2D eigenvalue weighted by molar-refractivity contribution is 14.1. The van der Waals surface area contributed by atoms with Gasteiger partial charge in [0.05, 0.1) is 0 Å². The summed E-state index contributed by atoms with van der Waals surface area (Å²) >= 11 is 2.38. The fourth-order valence-electron chi connectivity index (χ4n) is 2.93. The Morgan fingerprint density at radius 3 is 2.25 bits per heavy atom. The van der Waals surface area contributed by atoms with Crippen LogP contribution in [0.3, 0.4) is 0 Å². The predicted octanol–water partition coefficient (Wildman–Crippen LogP) is 5.37. The molecule has 0 radical (unpaired) electrons. The molecule has 0 aliphatic heterocycles. The standard InChI is InChI=1S/C15H21I/c1-2-3-12-4-6-13(7-5-12)14-8-10-15(16)11-9-14/h8-13H,2-7H2,1H3. The van der Waals surface area contributed by atoms with Crippen molar-refractivity contribution in [3.63, 3.8) is 0 Å². The van der Waals surface area contributed by atoms with Crippen LogP contribution in [0.25, 0.3) is 0 Å². The van der Waals surface area contributed by atoms with Crippen molar-refractivity contribution in [3.8, 4) is 0 Å². The minimum absolute atomic E-state index is 0.838. The molecule has 0 saturated heterocycles. The van der Waals surface area contributed by atoms with Gasteiger partial charge in [-0.15, -0.1) is 0 Å². The molecule has 0 spiro atoms. The zero-order valence-corrected chi connectivity index (χ0v) is 12.2. The molecule has 0 aromatic heterocycles. The van der Waals surface area contributed by atoms with Crippen molar-refractivity contribution in [2.24, 2.45) is 5.92 Å². The second-order valence-electron chi connectivity index (χ2n) is 5.06. The van der Waals surface area contributed by atoms with E-state index in [1.54, 1.807) is 5.56 Å². The molecular weight excluding hydrogens is 307 g/mol. The largest absolute Gasteiger partial charge is 0.0654 e. The number of halogens is 1. The monoisotopic (exact) mass is 328 g/mol. The lowest BCUT2D eigenvalue weighted by molar-refractivity contribution is 0.308. The summed E-state index contributed by atoms with van der Waals surface area (Å²) in [4.78, 5) is 0.